The van der Waals surface area contributed by atoms with Gasteiger partial charge in [-0.1, -0.05) is 6.92 Å². The van der Waals surface area contributed by atoms with Gasteiger partial charge in [0.1, 0.15) is 0 Å². The Bertz CT molecular complexity index is 105. The van der Waals surface area contributed by atoms with Gasteiger partial charge in [-0.2, -0.15) is 0 Å². The minimum Gasteiger partial charge on any atom is -0.378 e. The van der Waals surface area contributed by atoms with Crippen LogP contribution < -0.4 is 5.73 Å². The first-order valence-electron chi connectivity index (χ1n) is 3.48. The maximum absolute atomic E-state index is 5.55. The Morgan fingerprint density at radius 2 is 2.44 bits per heavy atom. The summed E-state index contributed by atoms with van der Waals surface area (Å²) >= 11 is 0. The highest BCUT2D eigenvalue weighted by atomic mass is 16.5. The monoisotopic (exact) mass is 129 g/mol. The third kappa shape index (κ3) is 1.43. The second-order valence-electron chi connectivity index (χ2n) is 3.34. The van der Waals surface area contributed by atoms with Gasteiger partial charge in [0.15, 0.2) is 0 Å². The van der Waals surface area contributed by atoms with Crippen LogP contribution in [0.3, 0.4) is 0 Å². The smallest absolute Gasteiger partial charge is 0.0553 e. The van der Waals surface area contributed by atoms with Gasteiger partial charge >= 0.3 is 0 Å². The number of rotatable bonds is 1. The fourth-order valence-electron chi connectivity index (χ4n) is 1.30. The van der Waals surface area contributed by atoms with Crippen LogP contribution in [0.2, 0.25) is 0 Å². The molecule has 0 aromatic rings. The van der Waals surface area contributed by atoms with E-state index >= 15 is 0 Å². The molecule has 1 heterocycles. The first-order valence-corrected chi connectivity index (χ1v) is 3.48. The Hall–Kier alpha value is -0.0800. The molecule has 0 radical (unpaired) electrons. The van der Waals surface area contributed by atoms with Crippen LogP contribution in [0, 0.1) is 5.41 Å². The second-order valence-corrected chi connectivity index (χ2v) is 3.34. The summed E-state index contributed by atoms with van der Waals surface area (Å²) in [5.41, 5.74) is 5.81. The highest BCUT2D eigenvalue weighted by Gasteiger charge is 2.32. The summed E-state index contributed by atoms with van der Waals surface area (Å²) in [7, 11) is 0. The van der Waals surface area contributed by atoms with E-state index in [0.717, 1.165) is 19.6 Å². The van der Waals surface area contributed by atoms with Gasteiger partial charge < -0.3 is 10.5 Å². The fraction of sp³-hybridized carbons (Fsp3) is 1.00. The normalized spacial score (nSPS) is 43.7. The molecule has 1 rings (SSSR count). The van der Waals surface area contributed by atoms with Crippen molar-refractivity contribution in [2.45, 2.75) is 26.4 Å². The second kappa shape index (κ2) is 2.27. The lowest BCUT2D eigenvalue weighted by atomic mass is 9.88. The number of hydrogen-bond donors (Lipinski definition) is 1. The van der Waals surface area contributed by atoms with Crippen LogP contribution in [0.4, 0.5) is 0 Å². The van der Waals surface area contributed by atoms with Gasteiger partial charge in [-0.3, -0.25) is 0 Å². The van der Waals surface area contributed by atoms with E-state index in [1.165, 1.54) is 0 Å². The molecule has 0 bridgehead atoms. The molecule has 0 aliphatic carbocycles. The Labute approximate surface area is 56.4 Å². The summed E-state index contributed by atoms with van der Waals surface area (Å²) < 4.78 is 5.38. The molecule has 0 aromatic heterocycles. The van der Waals surface area contributed by atoms with E-state index < -0.39 is 0 Å². The highest BCUT2D eigenvalue weighted by molar-refractivity contribution is 4.82. The summed E-state index contributed by atoms with van der Waals surface area (Å²) in [6.45, 7) is 5.86. The number of ether oxygens (including phenoxy) is 1. The molecule has 0 aromatic carbocycles. The molecule has 2 N–H and O–H groups in total. The van der Waals surface area contributed by atoms with E-state index in [1.54, 1.807) is 0 Å². The highest BCUT2D eigenvalue weighted by Crippen LogP contribution is 2.30. The van der Waals surface area contributed by atoms with Crippen molar-refractivity contribution in [3.63, 3.8) is 0 Å². The Morgan fingerprint density at radius 1 is 1.78 bits per heavy atom. The molecule has 9 heavy (non-hydrogen) atoms. The molecule has 0 unspecified atom stereocenters. The average molecular weight is 129 g/mol. The van der Waals surface area contributed by atoms with Crippen molar-refractivity contribution in [1.82, 2.24) is 0 Å². The first-order chi connectivity index (χ1) is 4.16. The maximum atomic E-state index is 5.55. The lowest BCUT2D eigenvalue weighted by Gasteiger charge is -2.17. The largest absolute Gasteiger partial charge is 0.378 e. The quantitative estimate of drug-likeness (QED) is 0.567. The molecular formula is C7H15NO. The molecule has 1 aliphatic rings. The molecule has 0 saturated carbocycles. The average Bonchev–Trinajstić information content (AvgIpc) is 2.13. The Morgan fingerprint density at radius 3 is 2.67 bits per heavy atom. The SMILES string of the molecule is C[C@@H]1C[C@](C)(CN)CO1. The number of hydrogen-bond acceptors (Lipinski definition) is 2. The van der Waals surface area contributed by atoms with E-state index in [1.807, 2.05) is 0 Å². The minimum absolute atomic E-state index is 0.263. The summed E-state index contributed by atoms with van der Waals surface area (Å²) in [5.74, 6) is 0. The zero-order chi connectivity index (χ0) is 6.91. The van der Waals surface area contributed by atoms with Crippen molar-refractivity contribution in [3.05, 3.63) is 0 Å². The van der Waals surface area contributed by atoms with E-state index in [4.69, 9.17) is 10.5 Å². The molecule has 2 nitrogen and oxygen atoms in total. The predicted octanol–water partition coefficient (Wildman–Crippen LogP) is 0.760. The van der Waals surface area contributed by atoms with Crippen molar-refractivity contribution in [2.75, 3.05) is 13.2 Å². The summed E-state index contributed by atoms with van der Waals surface area (Å²) in [4.78, 5) is 0. The van der Waals surface area contributed by atoms with Crippen molar-refractivity contribution >= 4 is 0 Å². The van der Waals surface area contributed by atoms with Crippen LogP contribution in [0.5, 0.6) is 0 Å². The molecule has 2 atom stereocenters. The van der Waals surface area contributed by atoms with Gasteiger partial charge in [-0.15, -0.1) is 0 Å². The Kier molecular flexibility index (Phi) is 1.78. The molecular weight excluding hydrogens is 114 g/mol. The van der Waals surface area contributed by atoms with Crippen LogP contribution in [-0.4, -0.2) is 19.3 Å². The lowest BCUT2D eigenvalue weighted by Crippen LogP contribution is -2.27. The lowest BCUT2D eigenvalue weighted by molar-refractivity contribution is 0.110. The predicted molar refractivity (Wildman–Crippen MR) is 37.2 cm³/mol. The van der Waals surface area contributed by atoms with E-state index in [0.29, 0.717) is 6.10 Å². The fourth-order valence-corrected chi connectivity index (χ4v) is 1.30. The van der Waals surface area contributed by atoms with E-state index in [2.05, 4.69) is 13.8 Å². The minimum atomic E-state index is 0.263. The van der Waals surface area contributed by atoms with E-state index in [-0.39, 0.29) is 5.41 Å². The van der Waals surface area contributed by atoms with Crippen molar-refractivity contribution in [1.29, 1.82) is 0 Å². The molecule has 2 heteroatoms. The van der Waals surface area contributed by atoms with Gasteiger partial charge in [0, 0.05) is 5.41 Å². The molecule has 1 saturated heterocycles. The van der Waals surface area contributed by atoms with Crippen LogP contribution in [-0.2, 0) is 4.74 Å². The molecule has 1 aliphatic heterocycles. The van der Waals surface area contributed by atoms with Crippen molar-refractivity contribution in [2.24, 2.45) is 11.1 Å². The maximum Gasteiger partial charge on any atom is 0.0553 e. The van der Waals surface area contributed by atoms with Crippen molar-refractivity contribution < 1.29 is 4.74 Å². The van der Waals surface area contributed by atoms with Gasteiger partial charge in [0.25, 0.3) is 0 Å². The van der Waals surface area contributed by atoms with E-state index in [9.17, 15) is 0 Å². The summed E-state index contributed by atoms with van der Waals surface area (Å²) in [6, 6.07) is 0. The van der Waals surface area contributed by atoms with Gasteiger partial charge in [0.05, 0.1) is 12.7 Å². The molecule has 0 amide bonds. The number of nitrogens with two attached hydrogens (primary N) is 1. The van der Waals surface area contributed by atoms with Gasteiger partial charge in [0.2, 0.25) is 0 Å². The summed E-state index contributed by atoms with van der Waals surface area (Å²) in [6.07, 6.45) is 1.53. The topological polar surface area (TPSA) is 35.2 Å². The van der Waals surface area contributed by atoms with Crippen LogP contribution in [0.15, 0.2) is 0 Å². The zero-order valence-corrected chi connectivity index (χ0v) is 6.18. The first kappa shape index (κ1) is 7.03. The van der Waals surface area contributed by atoms with Crippen molar-refractivity contribution in [3.8, 4) is 0 Å². The molecule has 1 fully saturated rings. The summed E-state index contributed by atoms with van der Waals surface area (Å²) in [5, 5.41) is 0. The van der Waals surface area contributed by atoms with Crippen LogP contribution in [0.25, 0.3) is 0 Å². The van der Waals surface area contributed by atoms with Gasteiger partial charge in [-0.05, 0) is 19.9 Å². The third-order valence-electron chi connectivity index (χ3n) is 1.99. The van der Waals surface area contributed by atoms with Gasteiger partial charge in [-0.25, -0.2) is 0 Å². The van der Waals surface area contributed by atoms with Crippen LogP contribution in [0.1, 0.15) is 20.3 Å². The Balaban J connectivity index is 2.45. The molecule has 54 valence electrons. The zero-order valence-electron chi connectivity index (χ0n) is 6.18. The van der Waals surface area contributed by atoms with Crippen LogP contribution >= 0.6 is 0 Å². The third-order valence-corrected chi connectivity index (χ3v) is 1.99. The standard InChI is InChI=1S/C7H15NO/c1-6-3-7(2,4-8)5-9-6/h6H,3-5,8H2,1-2H3/t6-,7-/m1/s1. The molecule has 0 spiro atoms.